The molecule has 7 nitrogen and oxygen atoms in total. The summed E-state index contributed by atoms with van der Waals surface area (Å²) in [5.41, 5.74) is 2.65. The molecule has 2 saturated carbocycles. The largest absolute Gasteiger partial charge is 0.481 e. The summed E-state index contributed by atoms with van der Waals surface area (Å²) >= 11 is 0. The van der Waals surface area contributed by atoms with E-state index in [-0.39, 0.29) is 52.4 Å². The van der Waals surface area contributed by atoms with E-state index in [4.69, 9.17) is 4.74 Å². The van der Waals surface area contributed by atoms with Gasteiger partial charge in [0, 0.05) is 5.41 Å². The van der Waals surface area contributed by atoms with Crippen LogP contribution in [0, 0.1) is 39.4 Å². The van der Waals surface area contributed by atoms with Gasteiger partial charge in [-0.3, -0.25) is 14.4 Å². The normalized spacial score (nSPS) is 36.2. The Morgan fingerprint density at radius 3 is 2.23 bits per heavy atom. The van der Waals surface area contributed by atoms with Crippen LogP contribution in [0.4, 0.5) is 0 Å². The highest BCUT2D eigenvalue weighted by Crippen LogP contribution is 2.72. The standard InChI is InChI=1S/C37H58O7/c1-23(2)11-10-12-24(32(40)41)25-15-19-37(8)27-13-14-28-33(3,4)29(44-31(39)22-34(5,42)21-30(38)43-9)17-18-35(28,6)26(27)16-20-36(25,37)7/h11,24-25,28-29,42H,10,12-22H2,1-9H3,(H,40,41)/t24-,25-,28+,29?,34?,35-,36-,37+/m1/s1. The zero-order valence-corrected chi connectivity index (χ0v) is 28.8. The second kappa shape index (κ2) is 12.2. The average Bonchev–Trinajstić information content (AvgIpc) is 3.18. The molecule has 2 N–H and O–H groups in total. The molecule has 0 spiro atoms. The molecule has 0 saturated heterocycles. The predicted molar refractivity (Wildman–Crippen MR) is 171 cm³/mol. The SMILES string of the molecule is COC(=O)CC(C)(O)CC(=O)OC1CC[C@]2(C)C3=C(CC[C@H]2C1(C)C)[C@]1(C)CC[C@H]([C@@H](CCC=C(C)C)C(=O)O)[C@@]1(C)CC3. The molecular weight excluding hydrogens is 556 g/mol. The first-order valence-corrected chi connectivity index (χ1v) is 16.9. The fourth-order valence-corrected chi connectivity index (χ4v) is 10.6. The Bertz CT molecular complexity index is 1210. The van der Waals surface area contributed by atoms with Crippen LogP contribution >= 0.6 is 0 Å². The van der Waals surface area contributed by atoms with Crippen molar-refractivity contribution in [3.8, 4) is 0 Å². The molecule has 2 unspecified atom stereocenters. The summed E-state index contributed by atoms with van der Waals surface area (Å²) in [6, 6.07) is 0. The molecule has 0 aromatic rings. The van der Waals surface area contributed by atoms with Gasteiger partial charge in [-0.2, -0.15) is 0 Å². The summed E-state index contributed by atoms with van der Waals surface area (Å²) in [5, 5.41) is 21.0. The Kier molecular flexibility index (Phi) is 9.64. The maximum atomic E-state index is 13.0. The molecule has 0 radical (unpaired) electrons. The number of carbonyl (C=O) groups excluding carboxylic acids is 2. The molecule has 0 aliphatic heterocycles. The molecule has 4 rings (SSSR count). The van der Waals surface area contributed by atoms with Gasteiger partial charge in [-0.05, 0) is 113 Å². The maximum Gasteiger partial charge on any atom is 0.309 e. The topological polar surface area (TPSA) is 110 Å². The Hall–Kier alpha value is -2.15. The number of hydrogen-bond acceptors (Lipinski definition) is 6. The van der Waals surface area contributed by atoms with Crippen molar-refractivity contribution in [1.29, 1.82) is 0 Å². The highest BCUT2D eigenvalue weighted by atomic mass is 16.5. The highest BCUT2D eigenvalue weighted by molar-refractivity contribution is 5.75. The monoisotopic (exact) mass is 614 g/mol. The van der Waals surface area contributed by atoms with E-state index in [1.165, 1.54) is 19.6 Å². The number of fused-ring (bicyclic) bond motifs is 4. The second-order valence-corrected chi connectivity index (χ2v) is 16.4. The fourth-order valence-electron chi connectivity index (χ4n) is 10.6. The molecule has 4 aliphatic carbocycles. The van der Waals surface area contributed by atoms with Crippen molar-refractivity contribution in [2.75, 3.05) is 7.11 Å². The van der Waals surface area contributed by atoms with Crippen LogP contribution in [-0.4, -0.2) is 46.9 Å². The molecule has 8 atom stereocenters. The van der Waals surface area contributed by atoms with Gasteiger partial charge in [0.2, 0.25) is 0 Å². The number of rotatable bonds is 10. The predicted octanol–water partition coefficient (Wildman–Crippen LogP) is 7.80. The van der Waals surface area contributed by atoms with Gasteiger partial charge in [0.05, 0.1) is 31.5 Å². The molecule has 0 bridgehead atoms. The lowest BCUT2D eigenvalue weighted by Gasteiger charge is -2.62. The average molecular weight is 615 g/mol. The number of ether oxygens (including phenoxy) is 2. The lowest BCUT2D eigenvalue weighted by molar-refractivity contribution is -0.174. The summed E-state index contributed by atoms with van der Waals surface area (Å²) in [6.45, 7) is 17.4. The first-order chi connectivity index (χ1) is 20.3. The lowest BCUT2D eigenvalue weighted by Crippen LogP contribution is -2.56. The van der Waals surface area contributed by atoms with Crippen LogP contribution in [0.15, 0.2) is 22.8 Å². The minimum atomic E-state index is -1.52. The smallest absolute Gasteiger partial charge is 0.309 e. The van der Waals surface area contributed by atoms with E-state index in [1.807, 2.05) is 0 Å². The van der Waals surface area contributed by atoms with Gasteiger partial charge in [-0.25, -0.2) is 0 Å². The summed E-state index contributed by atoms with van der Waals surface area (Å²) < 4.78 is 10.7. The minimum absolute atomic E-state index is 0.00210. The molecule has 44 heavy (non-hydrogen) atoms. The zero-order chi connectivity index (χ0) is 32.9. The van der Waals surface area contributed by atoms with E-state index in [0.29, 0.717) is 12.3 Å². The van der Waals surface area contributed by atoms with E-state index in [2.05, 4.69) is 59.3 Å². The number of aliphatic hydroxyl groups is 1. The first kappa shape index (κ1) is 34.7. The number of carboxylic acid groups (broad SMARTS) is 1. The number of aliphatic carboxylic acids is 1. The molecule has 248 valence electrons. The number of methoxy groups -OCH3 is 1. The second-order valence-electron chi connectivity index (χ2n) is 16.4. The number of carboxylic acids is 1. The first-order valence-electron chi connectivity index (χ1n) is 16.9. The summed E-state index contributed by atoms with van der Waals surface area (Å²) in [5.74, 6) is -1.47. The third-order valence-electron chi connectivity index (χ3n) is 13.1. The Balaban J connectivity index is 1.55. The van der Waals surface area contributed by atoms with Crippen molar-refractivity contribution in [2.24, 2.45) is 39.4 Å². The van der Waals surface area contributed by atoms with Gasteiger partial charge >= 0.3 is 17.9 Å². The highest BCUT2D eigenvalue weighted by Gasteiger charge is 2.64. The van der Waals surface area contributed by atoms with E-state index in [9.17, 15) is 24.6 Å². The van der Waals surface area contributed by atoms with Crippen molar-refractivity contribution >= 4 is 17.9 Å². The van der Waals surface area contributed by atoms with Crippen LogP contribution < -0.4 is 0 Å². The summed E-state index contributed by atoms with van der Waals surface area (Å²) in [4.78, 5) is 37.3. The molecule has 0 amide bonds. The van der Waals surface area contributed by atoms with Crippen molar-refractivity contribution in [2.45, 2.75) is 144 Å². The van der Waals surface area contributed by atoms with Crippen LogP contribution in [0.25, 0.3) is 0 Å². The van der Waals surface area contributed by atoms with Gasteiger partial charge in [0.25, 0.3) is 0 Å². The lowest BCUT2D eigenvalue weighted by atomic mass is 9.43. The summed E-state index contributed by atoms with van der Waals surface area (Å²) in [7, 11) is 1.27. The molecule has 0 aromatic carbocycles. The van der Waals surface area contributed by atoms with Gasteiger partial charge in [-0.15, -0.1) is 0 Å². The maximum absolute atomic E-state index is 13.0. The number of carbonyl (C=O) groups is 3. The fraction of sp³-hybridized carbons (Fsp3) is 0.811. The van der Waals surface area contributed by atoms with Crippen LogP contribution in [0.3, 0.4) is 0 Å². The van der Waals surface area contributed by atoms with Crippen molar-refractivity contribution in [3.63, 3.8) is 0 Å². The number of allylic oxidation sites excluding steroid dienone is 4. The molecule has 2 fully saturated rings. The van der Waals surface area contributed by atoms with Crippen LogP contribution in [-0.2, 0) is 23.9 Å². The van der Waals surface area contributed by atoms with E-state index < -0.39 is 23.5 Å². The Morgan fingerprint density at radius 1 is 0.955 bits per heavy atom. The van der Waals surface area contributed by atoms with E-state index in [0.717, 1.165) is 57.8 Å². The van der Waals surface area contributed by atoms with E-state index >= 15 is 0 Å². The molecule has 0 aromatic heterocycles. The van der Waals surface area contributed by atoms with Crippen LogP contribution in [0.1, 0.15) is 132 Å². The molecular formula is C37H58O7. The third-order valence-corrected chi connectivity index (χ3v) is 13.1. The van der Waals surface area contributed by atoms with E-state index in [1.54, 1.807) is 11.1 Å². The quantitative estimate of drug-likeness (QED) is 0.191. The van der Waals surface area contributed by atoms with Gasteiger partial charge in [0.15, 0.2) is 0 Å². The summed E-state index contributed by atoms with van der Waals surface area (Å²) in [6.07, 6.45) is 10.7. The third kappa shape index (κ3) is 6.03. The molecule has 4 aliphatic rings. The van der Waals surface area contributed by atoms with Gasteiger partial charge in [0.1, 0.15) is 6.10 Å². The Morgan fingerprint density at radius 2 is 1.61 bits per heavy atom. The van der Waals surface area contributed by atoms with Crippen LogP contribution in [0.5, 0.6) is 0 Å². The minimum Gasteiger partial charge on any atom is -0.481 e. The number of hydrogen-bond donors (Lipinski definition) is 2. The van der Waals surface area contributed by atoms with Crippen molar-refractivity contribution in [1.82, 2.24) is 0 Å². The van der Waals surface area contributed by atoms with Crippen LogP contribution in [0.2, 0.25) is 0 Å². The number of esters is 2. The van der Waals surface area contributed by atoms with Crippen molar-refractivity contribution in [3.05, 3.63) is 22.8 Å². The zero-order valence-electron chi connectivity index (χ0n) is 28.8. The molecule has 7 heteroatoms. The molecule has 0 heterocycles. The van der Waals surface area contributed by atoms with Gasteiger partial charge < -0.3 is 19.7 Å². The Labute approximate surface area is 265 Å². The van der Waals surface area contributed by atoms with Crippen molar-refractivity contribution < 1.29 is 34.1 Å². The van der Waals surface area contributed by atoms with Gasteiger partial charge in [-0.1, -0.05) is 57.4 Å².